The number of ether oxygens (including phenoxy) is 1. The number of alkyl halides is 2. The second kappa shape index (κ2) is 11.8. The number of carbonyl (C=O) groups is 2. The van der Waals surface area contributed by atoms with E-state index in [1.54, 1.807) is 31.5 Å². The number of fused-ring (bicyclic) bond motifs is 1. The molecule has 0 amide bonds. The molecule has 3 fully saturated rings. The number of rotatable bonds is 9. The predicted molar refractivity (Wildman–Crippen MR) is 158 cm³/mol. The summed E-state index contributed by atoms with van der Waals surface area (Å²) in [5.41, 5.74) is 0.921. The Balaban J connectivity index is 1.35. The van der Waals surface area contributed by atoms with Crippen LogP contribution in [0.2, 0.25) is 0 Å². The van der Waals surface area contributed by atoms with Crippen LogP contribution in [-0.2, 0) is 24.3 Å². The van der Waals surface area contributed by atoms with E-state index in [2.05, 4.69) is 10.3 Å². The van der Waals surface area contributed by atoms with Crippen LogP contribution in [0.5, 0.6) is 0 Å². The number of esters is 1. The van der Waals surface area contributed by atoms with Crippen LogP contribution < -0.4 is 5.32 Å². The Morgan fingerprint density at radius 1 is 1.24 bits per heavy atom. The van der Waals surface area contributed by atoms with Crippen LogP contribution in [-0.4, -0.2) is 95.5 Å². The zero-order valence-electron chi connectivity index (χ0n) is 24.5. The third-order valence-electron chi connectivity index (χ3n) is 9.13. The van der Waals surface area contributed by atoms with E-state index in [0.717, 1.165) is 4.31 Å². The number of likely N-dealkylation sites (tertiary alicyclic amines) is 1. The summed E-state index contributed by atoms with van der Waals surface area (Å²) in [6.07, 6.45) is 1.46. The normalized spacial score (nSPS) is 28.3. The highest BCUT2D eigenvalue weighted by molar-refractivity contribution is 7.89. The number of hydrogen-bond donors (Lipinski definition) is 2. The molecule has 4 heterocycles. The first-order valence-electron chi connectivity index (χ1n) is 14.5. The molecule has 1 aromatic heterocycles. The maximum Gasteiger partial charge on any atom is 0.338 e. The van der Waals surface area contributed by atoms with E-state index in [1.165, 1.54) is 28.4 Å². The van der Waals surface area contributed by atoms with Gasteiger partial charge >= 0.3 is 11.9 Å². The second-order valence-electron chi connectivity index (χ2n) is 11.7. The number of carbonyl (C=O) groups excluding carboxylic acids is 1. The summed E-state index contributed by atoms with van der Waals surface area (Å²) in [6.45, 7) is 1.76. The number of benzene rings is 1. The number of aliphatic imine (C=N–C) groups is 1. The van der Waals surface area contributed by atoms with Gasteiger partial charge in [-0.05, 0) is 43.9 Å². The monoisotopic (exact) mass is 667 g/mol. The maximum absolute atomic E-state index is 15.5. The van der Waals surface area contributed by atoms with Crippen LogP contribution in [0, 0.1) is 24.6 Å². The fourth-order valence-electron chi connectivity index (χ4n) is 6.61. The summed E-state index contributed by atoms with van der Waals surface area (Å²) in [5.74, 6) is -7.34. The number of amidine groups is 1. The maximum atomic E-state index is 15.5. The van der Waals surface area contributed by atoms with Gasteiger partial charge in [-0.1, -0.05) is 12.1 Å². The van der Waals surface area contributed by atoms with Crippen LogP contribution >= 0.6 is 11.3 Å². The Bertz CT molecular complexity index is 1680. The first kappa shape index (κ1) is 31.6. The molecule has 4 aliphatic rings. The molecule has 16 heteroatoms. The molecule has 1 aromatic carbocycles. The Labute approximate surface area is 261 Å². The molecule has 0 radical (unpaired) electrons. The number of halogens is 3. The third kappa shape index (κ3) is 5.66. The highest BCUT2D eigenvalue weighted by atomic mass is 32.2. The Morgan fingerprint density at radius 2 is 2.00 bits per heavy atom. The van der Waals surface area contributed by atoms with Crippen LogP contribution in [0.1, 0.15) is 41.9 Å². The SMILES string of the molecule is CCOC(=O)C1=C(CN2CC(F)(F)[C@@H]3CN(S(=O)(=O)[C@H]4C[C@H](C(=O)O)C4)C[C@@H]32)NC(c2nccs2)=N[C@H]1c1cccc(F)c1C. The van der Waals surface area contributed by atoms with Gasteiger partial charge in [0.1, 0.15) is 11.9 Å². The van der Waals surface area contributed by atoms with Gasteiger partial charge in [0, 0.05) is 43.0 Å². The predicted octanol–water partition coefficient (Wildman–Crippen LogP) is 2.94. The van der Waals surface area contributed by atoms with Crippen molar-refractivity contribution >= 4 is 39.1 Å². The average Bonchev–Trinajstić information content (AvgIpc) is 3.68. The summed E-state index contributed by atoms with van der Waals surface area (Å²) >= 11 is 1.27. The number of carboxylic acids is 1. The molecule has 242 valence electrons. The summed E-state index contributed by atoms with van der Waals surface area (Å²) in [4.78, 5) is 35.2. The minimum absolute atomic E-state index is 0.0245. The van der Waals surface area contributed by atoms with Crippen molar-refractivity contribution in [2.24, 2.45) is 16.8 Å². The summed E-state index contributed by atoms with van der Waals surface area (Å²) in [7, 11) is -3.99. The van der Waals surface area contributed by atoms with Gasteiger partial charge in [-0.3, -0.25) is 14.7 Å². The minimum Gasteiger partial charge on any atom is -0.481 e. The minimum atomic E-state index is -3.99. The van der Waals surface area contributed by atoms with Gasteiger partial charge in [0.2, 0.25) is 10.0 Å². The number of nitrogens with zero attached hydrogens (tertiary/aromatic N) is 4. The molecule has 2 N–H and O–H groups in total. The van der Waals surface area contributed by atoms with E-state index < -0.39 is 69.4 Å². The summed E-state index contributed by atoms with van der Waals surface area (Å²) < 4.78 is 78.8. The highest BCUT2D eigenvalue weighted by Crippen LogP contribution is 2.46. The van der Waals surface area contributed by atoms with E-state index >= 15 is 8.78 Å². The first-order chi connectivity index (χ1) is 21.3. The Hall–Kier alpha value is -3.34. The average molecular weight is 668 g/mol. The van der Waals surface area contributed by atoms with Crippen molar-refractivity contribution in [3.8, 4) is 0 Å². The standard InChI is InChI=1S/C29H32F3N5O6S2/c1-3-43-28(40)23-21(34-25(26-33-7-8-44-26)35-24(23)18-5-4-6-20(30)15(18)2)12-36-14-29(31,32)19-11-37(13-22(19)36)45(41,42)17-9-16(10-17)27(38)39/h4-8,16-17,19,22,24H,3,9-14H2,1-2H3,(H,34,35)(H,38,39)/t16-,17-,19-,22+,24+/m1/s1. The Kier molecular flexibility index (Phi) is 8.29. The molecule has 3 atom stereocenters. The lowest BCUT2D eigenvalue weighted by atomic mass is 9.85. The van der Waals surface area contributed by atoms with Gasteiger partial charge in [-0.15, -0.1) is 11.3 Å². The molecule has 1 saturated carbocycles. The lowest BCUT2D eigenvalue weighted by Gasteiger charge is -2.35. The molecule has 0 spiro atoms. The highest BCUT2D eigenvalue weighted by Gasteiger charge is 2.61. The number of thiazole rings is 1. The quantitative estimate of drug-likeness (QED) is 0.386. The molecular formula is C29H32F3N5O6S2. The number of nitrogens with one attached hydrogen (secondary N) is 1. The molecule has 6 rings (SSSR count). The molecule has 2 aromatic rings. The zero-order chi connectivity index (χ0) is 32.3. The molecule has 2 saturated heterocycles. The third-order valence-corrected chi connectivity index (χ3v) is 12.2. The zero-order valence-corrected chi connectivity index (χ0v) is 26.1. The van der Waals surface area contributed by atoms with Gasteiger partial charge < -0.3 is 15.2 Å². The number of hydrogen-bond acceptors (Lipinski definition) is 10. The number of carboxylic acid groups (broad SMARTS) is 1. The van der Waals surface area contributed by atoms with Crippen LogP contribution in [0.3, 0.4) is 0 Å². The first-order valence-corrected chi connectivity index (χ1v) is 16.9. The van der Waals surface area contributed by atoms with Crippen molar-refractivity contribution in [1.29, 1.82) is 0 Å². The van der Waals surface area contributed by atoms with Crippen molar-refractivity contribution in [2.75, 3.05) is 32.8 Å². The molecule has 45 heavy (non-hydrogen) atoms. The number of aliphatic carboxylic acids is 1. The lowest BCUT2D eigenvalue weighted by molar-refractivity contribution is -0.144. The fraction of sp³-hybridized carbons (Fsp3) is 0.517. The molecular weight excluding hydrogens is 635 g/mol. The van der Waals surface area contributed by atoms with E-state index in [9.17, 15) is 27.5 Å². The van der Waals surface area contributed by atoms with E-state index in [4.69, 9.17) is 9.73 Å². The fourth-order valence-corrected chi connectivity index (χ4v) is 9.30. The molecule has 1 aliphatic carbocycles. The molecule has 11 nitrogen and oxygen atoms in total. The van der Waals surface area contributed by atoms with Gasteiger partial charge in [-0.2, -0.15) is 4.31 Å². The van der Waals surface area contributed by atoms with Gasteiger partial charge in [0.15, 0.2) is 10.8 Å². The van der Waals surface area contributed by atoms with Crippen molar-refractivity contribution < 1.29 is 41.0 Å². The van der Waals surface area contributed by atoms with Crippen molar-refractivity contribution in [1.82, 2.24) is 19.5 Å². The lowest BCUT2D eigenvalue weighted by Crippen LogP contribution is -2.48. The van der Waals surface area contributed by atoms with Crippen LogP contribution in [0.15, 0.2) is 46.0 Å². The van der Waals surface area contributed by atoms with E-state index in [0.29, 0.717) is 10.6 Å². The number of aromatic nitrogens is 1. The van der Waals surface area contributed by atoms with E-state index in [1.807, 2.05) is 0 Å². The molecule has 0 bridgehead atoms. The van der Waals surface area contributed by atoms with Crippen LogP contribution in [0.25, 0.3) is 0 Å². The molecule has 0 unspecified atom stereocenters. The van der Waals surface area contributed by atoms with Crippen molar-refractivity contribution in [3.05, 3.63) is 63.0 Å². The smallest absolute Gasteiger partial charge is 0.338 e. The summed E-state index contributed by atoms with van der Waals surface area (Å²) in [5, 5.41) is 13.6. The largest absolute Gasteiger partial charge is 0.481 e. The second-order valence-corrected chi connectivity index (χ2v) is 14.8. The summed E-state index contributed by atoms with van der Waals surface area (Å²) in [6, 6.07) is 2.52. The van der Waals surface area contributed by atoms with Crippen molar-refractivity contribution in [2.45, 2.75) is 49.9 Å². The Morgan fingerprint density at radius 3 is 2.67 bits per heavy atom. The topological polar surface area (TPSA) is 142 Å². The van der Waals surface area contributed by atoms with Crippen LogP contribution in [0.4, 0.5) is 13.2 Å². The van der Waals surface area contributed by atoms with Gasteiger partial charge in [-0.25, -0.2) is 31.4 Å². The molecule has 3 aliphatic heterocycles. The van der Waals surface area contributed by atoms with Gasteiger partial charge in [0.25, 0.3) is 5.92 Å². The van der Waals surface area contributed by atoms with Crippen molar-refractivity contribution in [3.63, 3.8) is 0 Å². The number of sulfonamides is 1. The van der Waals surface area contributed by atoms with E-state index in [-0.39, 0.29) is 61.8 Å². The van der Waals surface area contributed by atoms with Gasteiger partial charge in [0.05, 0.1) is 35.8 Å².